The van der Waals surface area contributed by atoms with E-state index in [9.17, 15) is 4.79 Å². The zero-order chi connectivity index (χ0) is 23.2. The van der Waals surface area contributed by atoms with Gasteiger partial charge in [-0.05, 0) is 73.8 Å². The van der Waals surface area contributed by atoms with E-state index in [1.165, 1.54) is 37.9 Å². The smallest absolute Gasteiger partial charge is 0.281 e. The highest BCUT2D eigenvalue weighted by Gasteiger charge is 2.16. The number of carbonyl (C=O) groups excluding carboxylic acids is 1. The molecular weight excluding hydrogens is 416 g/mol. The number of rotatable bonds is 8. The van der Waals surface area contributed by atoms with E-state index in [2.05, 4.69) is 34.1 Å². The fourth-order valence-electron chi connectivity index (χ4n) is 3.90. The largest absolute Gasteiger partial charge is 0.492 e. The average Bonchev–Trinajstić information content (AvgIpc) is 3.20. The van der Waals surface area contributed by atoms with Crippen molar-refractivity contribution < 1.29 is 9.53 Å². The van der Waals surface area contributed by atoms with Crippen LogP contribution < -0.4 is 15.8 Å². The molecule has 2 heterocycles. The molecule has 0 atom stereocenters. The summed E-state index contributed by atoms with van der Waals surface area (Å²) in [6.45, 7) is 8.18. The van der Waals surface area contributed by atoms with E-state index in [4.69, 9.17) is 10.5 Å². The van der Waals surface area contributed by atoms with Crippen LogP contribution in [0.1, 0.15) is 54.9 Å². The molecule has 0 unspecified atom stereocenters. The summed E-state index contributed by atoms with van der Waals surface area (Å²) in [5, 5.41) is 7.34. The van der Waals surface area contributed by atoms with Crippen LogP contribution in [0, 0.1) is 0 Å². The quantitative estimate of drug-likeness (QED) is 0.531. The van der Waals surface area contributed by atoms with Crippen molar-refractivity contribution in [3.05, 3.63) is 59.7 Å². The summed E-state index contributed by atoms with van der Waals surface area (Å²) in [7, 11) is 0. The van der Waals surface area contributed by atoms with Crippen molar-refractivity contribution in [2.24, 2.45) is 0 Å². The number of anilines is 3. The molecule has 0 bridgehead atoms. The number of piperidine rings is 1. The Bertz CT molecular complexity index is 1050. The van der Waals surface area contributed by atoms with Crippen LogP contribution in [0.25, 0.3) is 0 Å². The second kappa shape index (κ2) is 10.5. The van der Waals surface area contributed by atoms with Gasteiger partial charge in [-0.15, -0.1) is 5.10 Å². The van der Waals surface area contributed by atoms with E-state index >= 15 is 0 Å². The first-order valence-electron chi connectivity index (χ1n) is 11.6. The molecule has 2 aromatic carbocycles. The number of hydrogen-bond donors (Lipinski definition) is 2. The molecule has 0 saturated carbocycles. The van der Waals surface area contributed by atoms with Crippen molar-refractivity contribution in [1.29, 1.82) is 0 Å². The minimum Gasteiger partial charge on any atom is -0.492 e. The molecule has 174 valence electrons. The van der Waals surface area contributed by atoms with Gasteiger partial charge in [-0.2, -0.15) is 9.67 Å². The third-order valence-electron chi connectivity index (χ3n) is 5.88. The molecule has 3 aromatic rings. The predicted molar refractivity (Wildman–Crippen MR) is 130 cm³/mol. The summed E-state index contributed by atoms with van der Waals surface area (Å²) in [6.07, 6.45) is 3.90. The third kappa shape index (κ3) is 5.90. The minimum atomic E-state index is -0.319. The molecular formula is C25H32N6O2. The van der Waals surface area contributed by atoms with Crippen molar-refractivity contribution in [1.82, 2.24) is 19.7 Å². The first kappa shape index (κ1) is 22.8. The monoisotopic (exact) mass is 448 g/mol. The lowest BCUT2D eigenvalue weighted by Gasteiger charge is -2.26. The lowest BCUT2D eigenvalue weighted by Crippen LogP contribution is -2.33. The van der Waals surface area contributed by atoms with Gasteiger partial charge in [0.1, 0.15) is 12.4 Å². The van der Waals surface area contributed by atoms with Gasteiger partial charge in [-0.3, -0.25) is 9.69 Å². The maximum absolute atomic E-state index is 12.8. The van der Waals surface area contributed by atoms with E-state index in [1.54, 1.807) is 12.1 Å². The minimum absolute atomic E-state index is 0.0353. The van der Waals surface area contributed by atoms with Crippen LogP contribution in [0.15, 0.2) is 48.5 Å². The number of nitrogens with one attached hydrogen (secondary N) is 1. The molecule has 1 aliphatic rings. The number of carbonyl (C=O) groups is 1. The van der Waals surface area contributed by atoms with Crippen molar-refractivity contribution in [2.75, 3.05) is 37.3 Å². The summed E-state index contributed by atoms with van der Waals surface area (Å²) in [5.41, 5.74) is 8.41. The van der Waals surface area contributed by atoms with E-state index < -0.39 is 0 Å². The van der Waals surface area contributed by atoms with Crippen molar-refractivity contribution >= 4 is 23.5 Å². The normalized spacial score (nSPS) is 14.4. The number of ether oxygens (including phenoxy) is 1. The van der Waals surface area contributed by atoms with E-state index in [-0.39, 0.29) is 17.8 Å². The number of hydrogen-bond acceptors (Lipinski definition) is 7. The molecule has 1 aromatic heterocycles. The molecule has 1 aliphatic heterocycles. The van der Waals surface area contributed by atoms with Crippen LogP contribution in [-0.2, 0) is 0 Å². The Morgan fingerprint density at radius 1 is 1.06 bits per heavy atom. The van der Waals surface area contributed by atoms with Crippen LogP contribution in [0.3, 0.4) is 0 Å². The number of nitrogens with two attached hydrogens (primary N) is 1. The molecule has 3 N–H and O–H groups in total. The SMILES string of the molecule is CC(C)c1ccc(C(=O)n2nc(Nc3ccc(OCCN4CCCCC4)cc3)nc2N)cc1. The van der Waals surface area contributed by atoms with Gasteiger partial charge < -0.3 is 15.8 Å². The summed E-state index contributed by atoms with van der Waals surface area (Å²) in [5.74, 6) is 1.19. The molecule has 0 spiro atoms. The van der Waals surface area contributed by atoms with Crippen LogP contribution >= 0.6 is 0 Å². The molecule has 4 rings (SSSR count). The summed E-state index contributed by atoms with van der Waals surface area (Å²) in [6, 6.07) is 15.0. The number of nitrogens with zero attached hydrogens (tertiary/aromatic N) is 4. The maximum Gasteiger partial charge on any atom is 0.281 e. The number of likely N-dealkylation sites (tertiary alicyclic amines) is 1. The van der Waals surface area contributed by atoms with Crippen LogP contribution in [0.4, 0.5) is 17.6 Å². The Morgan fingerprint density at radius 3 is 2.42 bits per heavy atom. The molecule has 1 fully saturated rings. The van der Waals surface area contributed by atoms with Crippen molar-refractivity contribution in [2.45, 2.75) is 39.0 Å². The first-order valence-corrected chi connectivity index (χ1v) is 11.6. The van der Waals surface area contributed by atoms with Gasteiger partial charge in [-0.25, -0.2) is 0 Å². The molecule has 8 heteroatoms. The van der Waals surface area contributed by atoms with Crippen molar-refractivity contribution in [3.63, 3.8) is 0 Å². The lowest BCUT2D eigenvalue weighted by atomic mass is 10.0. The zero-order valence-electron chi connectivity index (χ0n) is 19.3. The Labute approximate surface area is 194 Å². The topological polar surface area (TPSA) is 98.3 Å². The zero-order valence-corrected chi connectivity index (χ0v) is 19.3. The molecule has 0 amide bonds. The Hall–Kier alpha value is -3.39. The third-order valence-corrected chi connectivity index (χ3v) is 5.88. The number of nitrogen functional groups attached to an aromatic ring is 1. The summed E-state index contributed by atoms with van der Waals surface area (Å²) in [4.78, 5) is 19.4. The van der Waals surface area contributed by atoms with Crippen LogP contribution in [-0.4, -0.2) is 51.8 Å². The van der Waals surface area contributed by atoms with Crippen LogP contribution in [0.5, 0.6) is 5.75 Å². The van der Waals surface area contributed by atoms with E-state index in [0.717, 1.165) is 22.7 Å². The molecule has 8 nitrogen and oxygen atoms in total. The van der Waals surface area contributed by atoms with Crippen molar-refractivity contribution in [3.8, 4) is 5.75 Å². The van der Waals surface area contributed by atoms with Gasteiger partial charge in [0.25, 0.3) is 5.91 Å². The predicted octanol–water partition coefficient (Wildman–Crippen LogP) is 4.28. The molecule has 0 aliphatic carbocycles. The summed E-state index contributed by atoms with van der Waals surface area (Å²) >= 11 is 0. The average molecular weight is 449 g/mol. The van der Waals surface area contributed by atoms with Gasteiger partial charge >= 0.3 is 0 Å². The van der Waals surface area contributed by atoms with E-state index in [0.29, 0.717) is 18.1 Å². The second-order valence-corrected chi connectivity index (χ2v) is 8.69. The number of aromatic nitrogens is 3. The summed E-state index contributed by atoms with van der Waals surface area (Å²) < 4.78 is 6.99. The first-order chi connectivity index (χ1) is 16.0. The second-order valence-electron chi connectivity index (χ2n) is 8.69. The Kier molecular flexibility index (Phi) is 7.24. The highest BCUT2D eigenvalue weighted by Crippen LogP contribution is 2.20. The van der Waals surface area contributed by atoms with Gasteiger partial charge in [0.05, 0.1) is 0 Å². The fraction of sp³-hybridized carbons (Fsp3) is 0.400. The fourth-order valence-corrected chi connectivity index (χ4v) is 3.90. The highest BCUT2D eigenvalue weighted by atomic mass is 16.5. The highest BCUT2D eigenvalue weighted by molar-refractivity contribution is 5.96. The Balaban J connectivity index is 1.33. The standard InChI is InChI=1S/C25H32N6O2/c1-18(2)19-6-8-20(9-7-19)23(32)31-24(26)28-25(29-31)27-21-10-12-22(13-11-21)33-17-16-30-14-4-3-5-15-30/h6-13,18H,3-5,14-17H2,1-2H3,(H3,26,27,28,29). The molecule has 1 saturated heterocycles. The molecule has 0 radical (unpaired) electrons. The van der Waals surface area contributed by atoms with Gasteiger partial charge in [-0.1, -0.05) is 32.4 Å². The Morgan fingerprint density at radius 2 is 1.76 bits per heavy atom. The van der Waals surface area contributed by atoms with Gasteiger partial charge in [0.2, 0.25) is 11.9 Å². The van der Waals surface area contributed by atoms with Gasteiger partial charge in [0, 0.05) is 17.8 Å². The van der Waals surface area contributed by atoms with Gasteiger partial charge in [0.15, 0.2) is 0 Å². The number of benzene rings is 2. The van der Waals surface area contributed by atoms with E-state index in [1.807, 2.05) is 36.4 Å². The maximum atomic E-state index is 12.8. The molecule has 33 heavy (non-hydrogen) atoms. The lowest BCUT2D eigenvalue weighted by molar-refractivity contribution is 0.0948. The van der Waals surface area contributed by atoms with Crippen LogP contribution in [0.2, 0.25) is 0 Å².